The van der Waals surface area contributed by atoms with Crippen LogP contribution in [-0.4, -0.2) is 55.7 Å². The topological polar surface area (TPSA) is 44.8 Å². The lowest BCUT2D eigenvalue weighted by atomic mass is 9.78. The maximum Gasteiger partial charge on any atom is 0.237 e. The summed E-state index contributed by atoms with van der Waals surface area (Å²) in [4.78, 5) is 17.6. The van der Waals surface area contributed by atoms with Gasteiger partial charge in [0.2, 0.25) is 5.91 Å². The number of carbonyl (C=O) groups is 1. The average molecular weight is 388 g/mol. The summed E-state index contributed by atoms with van der Waals surface area (Å²) < 4.78 is 5.79. The van der Waals surface area contributed by atoms with Gasteiger partial charge in [-0.3, -0.25) is 9.69 Å². The molecule has 0 aromatic heterocycles. The Morgan fingerprint density at radius 3 is 2.61 bits per heavy atom. The fourth-order valence-electron chi connectivity index (χ4n) is 4.60. The number of anilines is 1. The highest BCUT2D eigenvalue weighted by molar-refractivity contribution is 5.81. The van der Waals surface area contributed by atoms with E-state index in [9.17, 15) is 4.79 Å². The van der Waals surface area contributed by atoms with Crippen molar-refractivity contribution in [3.8, 4) is 5.75 Å². The summed E-state index contributed by atoms with van der Waals surface area (Å²) in [5, 5.41) is 3.35. The minimum atomic E-state index is -0.0753. The van der Waals surface area contributed by atoms with E-state index in [-0.39, 0.29) is 11.9 Å². The first-order chi connectivity index (χ1) is 13.5. The van der Waals surface area contributed by atoms with E-state index in [0.29, 0.717) is 24.5 Å². The van der Waals surface area contributed by atoms with Gasteiger partial charge in [0.05, 0.1) is 18.3 Å². The van der Waals surface area contributed by atoms with Crippen molar-refractivity contribution in [1.29, 1.82) is 0 Å². The van der Waals surface area contributed by atoms with Crippen LogP contribution in [0.3, 0.4) is 0 Å². The van der Waals surface area contributed by atoms with Crippen LogP contribution >= 0.6 is 0 Å². The van der Waals surface area contributed by atoms with E-state index in [2.05, 4.69) is 48.0 Å². The Bertz CT molecular complexity index is 642. The van der Waals surface area contributed by atoms with Crippen molar-refractivity contribution in [2.75, 3.05) is 37.7 Å². The fourth-order valence-corrected chi connectivity index (χ4v) is 4.60. The fraction of sp³-hybridized carbons (Fsp3) is 0.696. The summed E-state index contributed by atoms with van der Waals surface area (Å²) >= 11 is 0. The zero-order chi connectivity index (χ0) is 20.1. The van der Waals surface area contributed by atoms with Crippen LogP contribution in [0.2, 0.25) is 0 Å². The average Bonchev–Trinajstić information content (AvgIpc) is 2.71. The van der Waals surface area contributed by atoms with Gasteiger partial charge < -0.3 is 15.0 Å². The first-order valence-corrected chi connectivity index (χ1v) is 11.0. The standard InChI is InChI=1S/C23H37N3O2/c1-5-28-22-12-7-6-11-21(22)26-15-13-25(14-16-26)19(4)23(27)24-20-10-8-9-17(2)18(20)3/h6-7,11-12,17-20H,5,8-10,13-16H2,1-4H3,(H,24,27)/t17-,18-,19+,20+/m0/s1. The van der Waals surface area contributed by atoms with Gasteiger partial charge in [-0.2, -0.15) is 0 Å². The van der Waals surface area contributed by atoms with Gasteiger partial charge in [-0.15, -0.1) is 0 Å². The van der Waals surface area contributed by atoms with Crippen LogP contribution in [0.4, 0.5) is 5.69 Å². The smallest absolute Gasteiger partial charge is 0.237 e. The first kappa shape index (κ1) is 21.0. The predicted octanol–water partition coefficient (Wildman–Crippen LogP) is 3.54. The molecule has 1 aromatic carbocycles. The Hall–Kier alpha value is -1.75. The van der Waals surface area contributed by atoms with Crippen molar-refractivity contribution in [3.05, 3.63) is 24.3 Å². The molecule has 2 aliphatic rings. The molecule has 1 saturated heterocycles. The van der Waals surface area contributed by atoms with E-state index in [1.54, 1.807) is 0 Å². The summed E-state index contributed by atoms with van der Waals surface area (Å²) in [6, 6.07) is 8.50. The van der Waals surface area contributed by atoms with Crippen LogP contribution in [0.5, 0.6) is 5.75 Å². The molecule has 1 aliphatic heterocycles. The molecular weight excluding hydrogens is 350 g/mol. The van der Waals surface area contributed by atoms with E-state index in [1.807, 2.05) is 19.1 Å². The molecule has 5 nitrogen and oxygen atoms in total. The minimum Gasteiger partial charge on any atom is -0.492 e. The number of benzene rings is 1. The summed E-state index contributed by atoms with van der Waals surface area (Å²) in [6.07, 6.45) is 3.63. The van der Waals surface area contributed by atoms with Gasteiger partial charge >= 0.3 is 0 Å². The van der Waals surface area contributed by atoms with E-state index >= 15 is 0 Å². The molecule has 0 bridgehead atoms. The summed E-state index contributed by atoms with van der Waals surface area (Å²) in [7, 11) is 0. The maximum atomic E-state index is 12.9. The zero-order valence-corrected chi connectivity index (χ0v) is 18.0. The van der Waals surface area contributed by atoms with E-state index in [1.165, 1.54) is 12.8 Å². The van der Waals surface area contributed by atoms with Crippen molar-refractivity contribution in [2.45, 2.75) is 59.0 Å². The van der Waals surface area contributed by atoms with Crippen molar-refractivity contribution in [2.24, 2.45) is 11.8 Å². The number of piperazine rings is 1. The molecule has 5 heteroatoms. The number of nitrogens with one attached hydrogen (secondary N) is 1. The number of para-hydroxylation sites is 2. The Labute approximate surface area is 170 Å². The molecule has 3 rings (SSSR count). The molecule has 1 saturated carbocycles. The van der Waals surface area contributed by atoms with Crippen LogP contribution in [0.1, 0.15) is 47.0 Å². The Kier molecular flexibility index (Phi) is 7.22. The molecule has 4 atom stereocenters. The molecule has 1 amide bonds. The van der Waals surface area contributed by atoms with Crippen molar-refractivity contribution < 1.29 is 9.53 Å². The molecule has 0 radical (unpaired) electrons. The van der Waals surface area contributed by atoms with Gasteiger partial charge in [0, 0.05) is 32.2 Å². The number of rotatable bonds is 6. The summed E-state index contributed by atoms with van der Waals surface area (Å²) in [5.41, 5.74) is 1.16. The summed E-state index contributed by atoms with van der Waals surface area (Å²) in [6.45, 7) is 13.0. The zero-order valence-electron chi connectivity index (χ0n) is 18.0. The van der Waals surface area contributed by atoms with Gasteiger partial charge in [0.1, 0.15) is 5.75 Å². The first-order valence-electron chi connectivity index (χ1n) is 11.0. The largest absolute Gasteiger partial charge is 0.492 e. The van der Waals surface area contributed by atoms with Crippen LogP contribution in [0, 0.1) is 11.8 Å². The molecule has 1 aromatic rings. The maximum absolute atomic E-state index is 12.9. The second kappa shape index (κ2) is 9.64. The molecule has 28 heavy (non-hydrogen) atoms. The monoisotopic (exact) mass is 387 g/mol. The van der Waals surface area contributed by atoms with Gasteiger partial charge in [0.25, 0.3) is 0 Å². The van der Waals surface area contributed by atoms with Crippen LogP contribution in [0.25, 0.3) is 0 Å². The van der Waals surface area contributed by atoms with Crippen LogP contribution < -0.4 is 15.0 Å². The van der Waals surface area contributed by atoms with Gasteiger partial charge in [-0.1, -0.05) is 38.8 Å². The normalized spacial score (nSPS) is 27.3. The molecule has 2 fully saturated rings. The quantitative estimate of drug-likeness (QED) is 0.811. The number of hydrogen-bond donors (Lipinski definition) is 1. The van der Waals surface area contributed by atoms with Gasteiger partial charge in [-0.05, 0) is 44.2 Å². The van der Waals surface area contributed by atoms with E-state index in [0.717, 1.165) is 44.0 Å². The number of amides is 1. The Balaban J connectivity index is 1.53. The SMILES string of the molecule is CCOc1ccccc1N1CCN([C@H](C)C(=O)N[C@@H]2CCC[C@H](C)[C@@H]2C)CC1. The lowest BCUT2D eigenvalue weighted by Crippen LogP contribution is -2.56. The van der Waals surface area contributed by atoms with Gasteiger partial charge in [0.15, 0.2) is 0 Å². The molecule has 1 aliphatic carbocycles. The highest BCUT2D eigenvalue weighted by atomic mass is 16.5. The van der Waals surface area contributed by atoms with Crippen LogP contribution in [-0.2, 0) is 4.79 Å². The van der Waals surface area contributed by atoms with Crippen molar-refractivity contribution >= 4 is 11.6 Å². The number of hydrogen-bond acceptors (Lipinski definition) is 4. The number of nitrogens with zero attached hydrogens (tertiary/aromatic N) is 2. The molecular formula is C23H37N3O2. The molecule has 1 heterocycles. The molecule has 0 unspecified atom stereocenters. The highest BCUT2D eigenvalue weighted by Gasteiger charge is 2.31. The number of ether oxygens (including phenoxy) is 1. The van der Waals surface area contributed by atoms with Crippen LogP contribution in [0.15, 0.2) is 24.3 Å². The second-order valence-corrected chi connectivity index (χ2v) is 8.48. The second-order valence-electron chi connectivity index (χ2n) is 8.48. The van der Waals surface area contributed by atoms with Crippen molar-refractivity contribution in [1.82, 2.24) is 10.2 Å². The Morgan fingerprint density at radius 2 is 1.89 bits per heavy atom. The third kappa shape index (κ3) is 4.80. The lowest BCUT2D eigenvalue weighted by Gasteiger charge is -2.40. The van der Waals surface area contributed by atoms with E-state index in [4.69, 9.17) is 4.74 Å². The third-order valence-corrected chi connectivity index (χ3v) is 6.78. The Morgan fingerprint density at radius 1 is 1.18 bits per heavy atom. The molecule has 0 spiro atoms. The minimum absolute atomic E-state index is 0.0753. The third-order valence-electron chi connectivity index (χ3n) is 6.78. The van der Waals surface area contributed by atoms with E-state index < -0.39 is 0 Å². The van der Waals surface area contributed by atoms with Gasteiger partial charge in [-0.25, -0.2) is 0 Å². The molecule has 156 valence electrons. The lowest BCUT2D eigenvalue weighted by molar-refractivity contribution is -0.127. The number of carbonyl (C=O) groups excluding carboxylic acids is 1. The highest BCUT2D eigenvalue weighted by Crippen LogP contribution is 2.30. The van der Waals surface area contributed by atoms with Crippen molar-refractivity contribution in [3.63, 3.8) is 0 Å². The predicted molar refractivity (Wildman–Crippen MR) is 115 cm³/mol. The molecule has 1 N–H and O–H groups in total. The summed E-state index contributed by atoms with van der Waals surface area (Å²) in [5.74, 6) is 2.40.